The maximum absolute atomic E-state index is 12.0. The lowest BCUT2D eigenvalue weighted by Crippen LogP contribution is -2.33. The molecular formula is C13H20N2O4. The number of hydrogen-bond donors (Lipinski definition) is 1. The zero-order valence-electron chi connectivity index (χ0n) is 11.3. The van der Waals surface area contributed by atoms with Crippen molar-refractivity contribution < 1.29 is 19.2 Å². The van der Waals surface area contributed by atoms with Crippen LogP contribution >= 0.6 is 0 Å². The second kappa shape index (κ2) is 7.01. The molecule has 0 aliphatic carbocycles. The van der Waals surface area contributed by atoms with Crippen molar-refractivity contribution in [3.05, 3.63) is 0 Å². The molecule has 19 heavy (non-hydrogen) atoms. The fraction of sp³-hybridized carbons (Fsp3) is 0.692. The Morgan fingerprint density at radius 3 is 2.68 bits per heavy atom. The summed E-state index contributed by atoms with van der Waals surface area (Å²) in [6.45, 7) is 4.11. The maximum atomic E-state index is 12.0. The lowest BCUT2D eigenvalue weighted by molar-refractivity contribution is -0.140. The van der Waals surface area contributed by atoms with Gasteiger partial charge in [-0.3, -0.25) is 19.3 Å². The third-order valence-corrected chi connectivity index (χ3v) is 3.25. The second-order valence-electron chi connectivity index (χ2n) is 5.01. The number of carbonyl (C=O) groups excluding carboxylic acids is 4. The summed E-state index contributed by atoms with van der Waals surface area (Å²) in [6.07, 6.45) is 1.51. The third-order valence-electron chi connectivity index (χ3n) is 3.25. The van der Waals surface area contributed by atoms with Crippen molar-refractivity contribution in [2.24, 2.45) is 11.8 Å². The molecule has 6 heteroatoms. The predicted octanol–water partition coefficient (Wildman–Crippen LogP) is 0.113. The van der Waals surface area contributed by atoms with Crippen LogP contribution < -0.4 is 5.32 Å². The van der Waals surface area contributed by atoms with Crippen LogP contribution in [0.3, 0.4) is 0 Å². The summed E-state index contributed by atoms with van der Waals surface area (Å²) in [6, 6.07) is 0. The van der Waals surface area contributed by atoms with Crippen LogP contribution in [0.25, 0.3) is 0 Å². The van der Waals surface area contributed by atoms with Crippen LogP contribution in [0, 0.1) is 11.8 Å². The van der Waals surface area contributed by atoms with E-state index in [9.17, 15) is 19.2 Å². The second-order valence-corrected chi connectivity index (χ2v) is 5.01. The highest BCUT2D eigenvalue weighted by molar-refractivity contribution is 6.03. The number of imide groups is 1. The monoisotopic (exact) mass is 268 g/mol. The van der Waals surface area contributed by atoms with E-state index in [2.05, 4.69) is 5.32 Å². The molecule has 6 nitrogen and oxygen atoms in total. The SMILES string of the molecule is CC(C)C1CC(=O)N(CCCC(=O)NCC=O)C1=O. The predicted molar refractivity (Wildman–Crippen MR) is 68.0 cm³/mol. The Bertz CT molecular complexity index is 379. The Morgan fingerprint density at radius 2 is 2.16 bits per heavy atom. The highest BCUT2D eigenvalue weighted by Gasteiger charge is 2.39. The van der Waals surface area contributed by atoms with Gasteiger partial charge < -0.3 is 10.1 Å². The molecule has 0 aromatic rings. The number of nitrogens with zero attached hydrogens (tertiary/aromatic N) is 1. The van der Waals surface area contributed by atoms with E-state index in [1.54, 1.807) is 0 Å². The third kappa shape index (κ3) is 4.15. The van der Waals surface area contributed by atoms with Gasteiger partial charge in [0.05, 0.1) is 6.54 Å². The van der Waals surface area contributed by atoms with Gasteiger partial charge in [0.2, 0.25) is 17.7 Å². The number of rotatable bonds is 7. The summed E-state index contributed by atoms with van der Waals surface area (Å²) in [5.74, 6) is -0.606. The average Bonchev–Trinajstić information content (AvgIpc) is 2.64. The minimum atomic E-state index is -0.244. The van der Waals surface area contributed by atoms with Gasteiger partial charge in [0, 0.05) is 25.3 Å². The quantitative estimate of drug-likeness (QED) is 0.525. The first-order chi connectivity index (χ1) is 8.97. The zero-order valence-corrected chi connectivity index (χ0v) is 11.3. The molecule has 0 spiro atoms. The minimum Gasteiger partial charge on any atom is -0.349 e. The lowest BCUT2D eigenvalue weighted by atomic mass is 9.94. The van der Waals surface area contributed by atoms with Gasteiger partial charge in [-0.2, -0.15) is 0 Å². The molecule has 0 aromatic carbocycles. The van der Waals surface area contributed by atoms with Gasteiger partial charge in [0.1, 0.15) is 6.29 Å². The molecule has 1 rings (SSSR count). The van der Waals surface area contributed by atoms with Crippen LogP contribution in [0.5, 0.6) is 0 Å². The molecule has 1 aliphatic rings. The van der Waals surface area contributed by atoms with Gasteiger partial charge in [-0.1, -0.05) is 13.8 Å². The van der Waals surface area contributed by atoms with E-state index in [1.165, 1.54) is 4.90 Å². The Morgan fingerprint density at radius 1 is 1.47 bits per heavy atom. The van der Waals surface area contributed by atoms with Crippen molar-refractivity contribution in [2.75, 3.05) is 13.1 Å². The molecule has 1 fully saturated rings. The average molecular weight is 268 g/mol. The molecule has 106 valence electrons. The van der Waals surface area contributed by atoms with Crippen LogP contribution in [0.2, 0.25) is 0 Å². The summed E-state index contributed by atoms with van der Waals surface area (Å²) in [4.78, 5) is 46.2. The largest absolute Gasteiger partial charge is 0.349 e. The standard InChI is InChI=1S/C13H20N2O4/c1-9(2)10-8-12(18)15(13(10)19)6-3-4-11(17)14-5-7-16/h7,9-10H,3-6,8H2,1-2H3,(H,14,17). The molecule has 1 heterocycles. The van der Waals surface area contributed by atoms with Crippen molar-refractivity contribution >= 4 is 24.0 Å². The topological polar surface area (TPSA) is 83.6 Å². The number of carbonyl (C=O) groups is 4. The van der Waals surface area contributed by atoms with E-state index >= 15 is 0 Å². The van der Waals surface area contributed by atoms with Crippen LogP contribution in [0.1, 0.15) is 33.1 Å². The highest BCUT2D eigenvalue weighted by atomic mass is 16.2. The minimum absolute atomic E-state index is 0.00413. The molecule has 0 bridgehead atoms. The van der Waals surface area contributed by atoms with E-state index in [1.807, 2.05) is 13.8 Å². The Labute approximate surface area is 112 Å². The van der Waals surface area contributed by atoms with Gasteiger partial charge >= 0.3 is 0 Å². The highest BCUT2D eigenvalue weighted by Crippen LogP contribution is 2.26. The molecule has 0 radical (unpaired) electrons. The van der Waals surface area contributed by atoms with Crippen LogP contribution in [-0.2, 0) is 19.2 Å². The van der Waals surface area contributed by atoms with Crippen molar-refractivity contribution in [1.82, 2.24) is 10.2 Å². The summed E-state index contributed by atoms with van der Waals surface area (Å²) in [5, 5.41) is 2.41. The first kappa shape index (κ1) is 15.3. The molecular weight excluding hydrogens is 248 g/mol. The number of likely N-dealkylation sites (tertiary alicyclic amines) is 1. The molecule has 0 saturated carbocycles. The molecule has 1 atom stereocenters. The first-order valence-electron chi connectivity index (χ1n) is 6.52. The van der Waals surface area contributed by atoms with Gasteiger partial charge in [-0.15, -0.1) is 0 Å². The maximum Gasteiger partial charge on any atom is 0.233 e. The molecule has 1 unspecified atom stereocenters. The van der Waals surface area contributed by atoms with Crippen LogP contribution in [-0.4, -0.2) is 42.0 Å². The van der Waals surface area contributed by atoms with Crippen LogP contribution in [0.4, 0.5) is 0 Å². The van der Waals surface area contributed by atoms with Crippen molar-refractivity contribution in [3.63, 3.8) is 0 Å². The summed E-state index contributed by atoms with van der Waals surface area (Å²) in [7, 11) is 0. The Balaban J connectivity index is 2.37. The molecule has 0 aromatic heterocycles. The van der Waals surface area contributed by atoms with Gasteiger partial charge in [-0.25, -0.2) is 0 Å². The number of amides is 3. The summed E-state index contributed by atoms with van der Waals surface area (Å²) >= 11 is 0. The molecule has 1 N–H and O–H groups in total. The van der Waals surface area contributed by atoms with Gasteiger partial charge in [-0.05, 0) is 12.3 Å². The normalized spacial score (nSPS) is 19.1. The van der Waals surface area contributed by atoms with E-state index in [-0.39, 0.29) is 55.5 Å². The fourth-order valence-corrected chi connectivity index (χ4v) is 2.11. The lowest BCUT2D eigenvalue weighted by Gasteiger charge is -2.16. The van der Waals surface area contributed by atoms with Crippen LogP contribution in [0.15, 0.2) is 0 Å². The molecule has 3 amide bonds. The fourth-order valence-electron chi connectivity index (χ4n) is 2.11. The van der Waals surface area contributed by atoms with E-state index in [0.29, 0.717) is 12.7 Å². The Hall–Kier alpha value is -1.72. The summed E-state index contributed by atoms with van der Waals surface area (Å²) < 4.78 is 0. The number of hydrogen-bond acceptors (Lipinski definition) is 4. The zero-order chi connectivity index (χ0) is 14.4. The van der Waals surface area contributed by atoms with Crippen molar-refractivity contribution in [3.8, 4) is 0 Å². The molecule has 1 aliphatic heterocycles. The van der Waals surface area contributed by atoms with Gasteiger partial charge in [0.15, 0.2) is 0 Å². The van der Waals surface area contributed by atoms with Crippen molar-refractivity contribution in [2.45, 2.75) is 33.1 Å². The summed E-state index contributed by atoms with van der Waals surface area (Å²) in [5.41, 5.74) is 0. The Kier molecular flexibility index (Phi) is 5.66. The first-order valence-corrected chi connectivity index (χ1v) is 6.52. The number of aldehydes is 1. The van der Waals surface area contributed by atoms with Crippen molar-refractivity contribution in [1.29, 1.82) is 0 Å². The van der Waals surface area contributed by atoms with Gasteiger partial charge in [0.25, 0.3) is 0 Å². The van der Waals surface area contributed by atoms with E-state index in [0.717, 1.165) is 0 Å². The van der Waals surface area contributed by atoms with E-state index < -0.39 is 0 Å². The van der Waals surface area contributed by atoms with E-state index in [4.69, 9.17) is 0 Å². The number of nitrogens with one attached hydrogen (secondary N) is 1. The molecule has 1 saturated heterocycles. The smallest absolute Gasteiger partial charge is 0.233 e.